The van der Waals surface area contributed by atoms with Crippen LogP contribution in [-0.2, 0) is 9.26 Å². The molecule has 0 spiro atoms. The van der Waals surface area contributed by atoms with E-state index in [1.54, 1.807) is 0 Å². The van der Waals surface area contributed by atoms with Crippen molar-refractivity contribution in [3.63, 3.8) is 0 Å². The molecular formula is C17H25NO2Si. The smallest absolute Gasteiger partial charge is 0.231 e. The maximum atomic E-state index is 6.46. The lowest BCUT2D eigenvalue weighted by molar-refractivity contribution is -0.244. The first-order valence-corrected chi connectivity index (χ1v) is 11.4. The van der Waals surface area contributed by atoms with E-state index in [9.17, 15) is 0 Å². The minimum atomic E-state index is -1.66. The summed E-state index contributed by atoms with van der Waals surface area (Å²) in [4.78, 5) is 6.01. The molecule has 1 aromatic carbocycles. The fraction of sp³-hybridized carbons (Fsp3) is 0.588. The van der Waals surface area contributed by atoms with Crippen LogP contribution in [0.1, 0.15) is 37.7 Å². The van der Waals surface area contributed by atoms with E-state index in [-0.39, 0.29) is 0 Å². The Kier molecular flexibility index (Phi) is 3.93. The molecule has 0 amide bonds. The van der Waals surface area contributed by atoms with E-state index in [2.05, 4.69) is 49.1 Å². The van der Waals surface area contributed by atoms with Crippen molar-refractivity contribution >= 4 is 14.0 Å². The Morgan fingerprint density at radius 1 is 1.19 bits per heavy atom. The average molecular weight is 303 g/mol. The summed E-state index contributed by atoms with van der Waals surface area (Å²) >= 11 is 0. The minimum absolute atomic E-state index is 0.436. The zero-order valence-corrected chi connectivity index (χ0v) is 14.3. The van der Waals surface area contributed by atoms with Gasteiger partial charge in [-0.25, -0.2) is 0 Å². The van der Waals surface area contributed by atoms with Crippen LogP contribution >= 0.6 is 0 Å². The third kappa shape index (κ3) is 3.21. The van der Waals surface area contributed by atoms with Gasteiger partial charge in [0, 0.05) is 18.8 Å². The molecule has 1 fully saturated rings. The second-order valence-corrected chi connectivity index (χ2v) is 11.6. The summed E-state index contributed by atoms with van der Waals surface area (Å²) in [6.45, 7) is 6.69. The molecule has 3 rings (SSSR count). The van der Waals surface area contributed by atoms with Crippen LogP contribution in [-0.4, -0.2) is 19.8 Å². The van der Waals surface area contributed by atoms with Gasteiger partial charge >= 0.3 is 0 Å². The van der Waals surface area contributed by atoms with Gasteiger partial charge in [0.05, 0.1) is 5.71 Å². The highest BCUT2D eigenvalue weighted by molar-refractivity contribution is 6.69. The molecule has 2 aliphatic rings. The van der Waals surface area contributed by atoms with Gasteiger partial charge < -0.3 is 9.26 Å². The molecule has 1 aromatic rings. The molecule has 0 saturated heterocycles. The molecule has 21 heavy (non-hydrogen) atoms. The number of nitrogens with zero attached hydrogens (tertiary/aromatic N) is 1. The maximum Gasteiger partial charge on any atom is 0.231 e. The average Bonchev–Trinajstić information content (AvgIpc) is 2.45. The summed E-state index contributed by atoms with van der Waals surface area (Å²) in [5.74, 6) is -0.0215. The SMILES string of the molecule is C[Si](C)(C)O[C@@]12CCCC[C@@H]1CC(c1ccccc1)=NO2. The van der Waals surface area contributed by atoms with Gasteiger partial charge in [0.25, 0.3) is 0 Å². The van der Waals surface area contributed by atoms with Gasteiger partial charge in [-0.15, -0.1) is 0 Å². The first-order valence-electron chi connectivity index (χ1n) is 7.99. The molecule has 4 heteroatoms. The molecule has 0 bridgehead atoms. The molecule has 1 heterocycles. The van der Waals surface area contributed by atoms with Crippen LogP contribution in [0.15, 0.2) is 35.5 Å². The van der Waals surface area contributed by atoms with E-state index in [0.717, 1.165) is 18.6 Å². The van der Waals surface area contributed by atoms with Crippen LogP contribution in [0, 0.1) is 5.92 Å². The Balaban J connectivity index is 1.87. The second-order valence-electron chi connectivity index (χ2n) is 7.17. The van der Waals surface area contributed by atoms with Crippen molar-refractivity contribution in [1.82, 2.24) is 0 Å². The molecule has 0 aromatic heterocycles. The predicted molar refractivity (Wildman–Crippen MR) is 87.8 cm³/mol. The van der Waals surface area contributed by atoms with Gasteiger partial charge in [0.1, 0.15) is 0 Å². The molecular weight excluding hydrogens is 278 g/mol. The fourth-order valence-electron chi connectivity index (χ4n) is 3.44. The van der Waals surface area contributed by atoms with Gasteiger partial charge in [0.15, 0.2) is 8.32 Å². The van der Waals surface area contributed by atoms with Gasteiger partial charge in [-0.2, -0.15) is 0 Å². The van der Waals surface area contributed by atoms with Crippen molar-refractivity contribution in [3.05, 3.63) is 35.9 Å². The summed E-state index contributed by atoms with van der Waals surface area (Å²) in [7, 11) is -1.66. The van der Waals surface area contributed by atoms with Crippen LogP contribution in [0.25, 0.3) is 0 Å². The summed E-state index contributed by atoms with van der Waals surface area (Å²) in [5.41, 5.74) is 2.24. The Morgan fingerprint density at radius 2 is 1.95 bits per heavy atom. The lowest BCUT2D eigenvalue weighted by Crippen LogP contribution is -2.53. The largest absolute Gasteiger partial charge is 0.380 e. The first kappa shape index (κ1) is 14.8. The molecule has 2 atom stereocenters. The topological polar surface area (TPSA) is 30.8 Å². The maximum absolute atomic E-state index is 6.46. The Labute approximate surface area is 128 Å². The lowest BCUT2D eigenvalue weighted by atomic mass is 9.79. The Hall–Kier alpha value is -1.13. The predicted octanol–water partition coefficient (Wildman–Crippen LogP) is 4.55. The molecule has 1 aliphatic heterocycles. The molecule has 1 aliphatic carbocycles. The van der Waals surface area contributed by atoms with Crippen LogP contribution in [0.5, 0.6) is 0 Å². The van der Waals surface area contributed by atoms with Crippen molar-refractivity contribution in [1.29, 1.82) is 0 Å². The van der Waals surface area contributed by atoms with Crippen molar-refractivity contribution in [2.24, 2.45) is 11.1 Å². The zero-order valence-electron chi connectivity index (χ0n) is 13.3. The number of hydrogen-bond donors (Lipinski definition) is 0. The number of oxime groups is 1. The number of benzene rings is 1. The zero-order chi connectivity index (χ0) is 14.9. The lowest BCUT2D eigenvalue weighted by Gasteiger charge is -2.47. The molecule has 1 saturated carbocycles. The Bertz CT molecular complexity index is 523. The van der Waals surface area contributed by atoms with Gasteiger partial charge in [-0.05, 0) is 38.0 Å². The minimum Gasteiger partial charge on any atom is -0.380 e. The number of rotatable bonds is 3. The van der Waals surface area contributed by atoms with Crippen molar-refractivity contribution < 1.29 is 9.26 Å². The summed E-state index contributed by atoms with van der Waals surface area (Å²) in [6.07, 6.45) is 5.57. The quantitative estimate of drug-likeness (QED) is 0.767. The Morgan fingerprint density at radius 3 is 2.67 bits per heavy atom. The molecule has 0 N–H and O–H groups in total. The van der Waals surface area contributed by atoms with E-state index in [1.165, 1.54) is 24.8 Å². The second kappa shape index (κ2) is 5.58. The van der Waals surface area contributed by atoms with Gasteiger partial charge in [-0.1, -0.05) is 41.9 Å². The van der Waals surface area contributed by atoms with Crippen molar-refractivity contribution in [2.45, 2.75) is 57.5 Å². The summed E-state index contributed by atoms with van der Waals surface area (Å²) in [6, 6.07) is 10.4. The number of fused-ring (bicyclic) bond motifs is 1. The van der Waals surface area contributed by atoms with E-state index in [4.69, 9.17) is 9.26 Å². The van der Waals surface area contributed by atoms with Crippen LogP contribution in [0.3, 0.4) is 0 Å². The summed E-state index contributed by atoms with van der Waals surface area (Å²) < 4.78 is 6.46. The molecule has 114 valence electrons. The highest BCUT2D eigenvalue weighted by Crippen LogP contribution is 2.44. The van der Waals surface area contributed by atoms with E-state index >= 15 is 0 Å². The normalized spacial score (nSPS) is 29.3. The molecule has 0 unspecified atom stereocenters. The van der Waals surface area contributed by atoms with E-state index in [0.29, 0.717) is 5.92 Å². The first-order chi connectivity index (χ1) is 9.99. The third-order valence-electron chi connectivity index (χ3n) is 4.29. The molecule has 3 nitrogen and oxygen atoms in total. The monoisotopic (exact) mass is 303 g/mol. The van der Waals surface area contributed by atoms with Crippen molar-refractivity contribution in [3.8, 4) is 0 Å². The third-order valence-corrected chi connectivity index (χ3v) is 5.24. The number of hydrogen-bond acceptors (Lipinski definition) is 3. The highest BCUT2D eigenvalue weighted by atomic mass is 28.4. The fourth-order valence-corrected chi connectivity index (χ4v) is 4.78. The van der Waals surface area contributed by atoms with E-state index < -0.39 is 14.1 Å². The standard InChI is InChI=1S/C17H25NO2Si/c1-21(2,3)20-17-12-8-7-11-15(17)13-16(18-19-17)14-9-5-4-6-10-14/h4-6,9-10,15H,7-8,11-13H2,1-3H3/t15-,17+/m1/s1. The van der Waals surface area contributed by atoms with Gasteiger partial charge in [0.2, 0.25) is 5.79 Å². The van der Waals surface area contributed by atoms with Crippen LogP contribution < -0.4 is 0 Å². The van der Waals surface area contributed by atoms with Crippen LogP contribution in [0.2, 0.25) is 19.6 Å². The van der Waals surface area contributed by atoms with Crippen LogP contribution in [0.4, 0.5) is 0 Å². The van der Waals surface area contributed by atoms with Gasteiger partial charge in [-0.3, -0.25) is 0 Å². The molecule has 0 radical (unpaired) electrons. The van der Waals surface area contributed by atoms with E-state index in [1.807, 2.05) is 6.07 Å². The summed E-state index contributed by atoms with van der Waals surface area (Å²) in [5, 5.41) is 4.45. The van der Waals surface area contributed by atoms with Crippen molar-refractivity contribution in [2.75, 3.05) is 0 Å². The highest BCUT2D eigenvalue weighted by Gasteiger charge is 2.49.